The molecule has 0 amide bonds. The molecule has 3 aliphatic carbocycles. The molecule has 13 nitrogen and oxygen atoms in total. The third-order valence-corrected chi connectivity index (χ3v) is 21.1. The van der Waals surface area contributed by atoms with Crippen molar-refractivity contribution in [3.05, 3.63) is 318 Å². The van der Waals surface area contributed by atoms with Crippen LogP contribution in [0.3, 0.4) is 0 Å². The number of imidazole rings is 2. The summed E-state index contributed by atoms with van der Waals surface area (Å²) in [4.78, 5) is 49.3. The first kappa shape index (κ1) is 79.7. The van der Waals surface area contributed by atoms with E-state index in [2.05, 4.69) is 20.2 Å². The second-order valence-corrected chi connectivity index (χ2v) is 29.8. The molecule has 0 saturated heterocycles. The SMILES string of the molecule is Cc1ccc(-c2conc2[C@@H](CC(=O)CC2=CCc3ccc(O)cc32)Cc2cc(F)cc(F)c2)cc1.Cn1cnc(C(CC(=O)CC2=CCc3ccc(O)cc32)Cc2cc(F)cc(F)c2)c1-c1ccc(Cl)cc1.Cn1cnc(C(CC(=O)Cn2nc(C(F)(F)F)c3c2CCCC3)Cc2cc(F)cc(F)c2)c1-c1ccc(Cl)cc1. The number of carbonyl (C=O) groups excluding carboxylic acids is 3. The van der Waals surface area contributed by atoms with Crippen molar-refractivity contribution in [1.82, 2.24) is 34.0 Å². The molecule has 0 aliphatic heterocycles. The fourth-order valence-corrected chi connectivity index (χ4v) is 15.7. The molecule has 8 aromatic carbocycles. The Morgan fingerprint density at radius 1 is 0.504 bits per heavy atom. The van der Waals surface area contributed by atoms with Gasteiger partial charge in [-0.25, -0.2) is 36.3 Å². The average molecular weight is 1580 g/mol. The van der Waals surface area contributed by atoms with E-state index in [4.69, 9.17) is 27.7 Å². The number of fused-ring (bicyclic) bond motifs is 3. The molecule has 15 rings (SSSR count). The molecule has 12 aromatic rings. The number of nitrogens with zero attached hydrogens (tertiary/aromatic N) is 7. The van der Waals surface area contributed by atoms with Crippen LogP contribution in [0.5, 0.6) is 11.5 Å². The fourth-order valence-electron chi connectivity index (χ4n) is 15.5. The second-order valence-electron chi connectivity index (χ2n) is 29.0. The first-order chi connectivity index (χ1) is 54.1. The highest BCUT2D eigenvalue weighted by atomic mass is 35.5. The number of benzene rings is 8. The minimum atomic E-state index is -4.61. The number of phenols is 2. The van der Waals surface area contributed by atoms with Crippen LogP contribution in [0.15, 0.2) is 199 Å². The van der Waals surface area contributed by atoms with E-state index in [1.807, 2.05) is 79.2 Å². The number of ketones is 3. The number of aromatic hydroxyl groups is 2. The monoisotopic (exact) mass is 1580 g/mol. The van der Waals surface area contributed by atoms with Crippen LogP contribution in [0, 0.1) is 41.8 Å². The molecule has 0 saturated carbocycles. The maximum atomic E-state index is 14.0. The van der Waals surface area contributed by atoms with Gasteiger partial charge in [0.2, 0.25) is 0 Å². The number of Topliss-reactive ketones (excluding diaryl/α,β-unsaturated/α-hetero) is 3. The quantitative estimate of drug-likeness (QED) is 0.0555. The first-order valence-corrected chi connectivity index (χ1v) is 37.5. The minimum Gasteiger partial charge on any atom is -0.508 e. The van der Waals surface area contributed by atoms with Crippen LogP contribution >= 0.6 is 23.2 Å². The molecule has 2 unspecified atom stereocenters. The molecule has 0 spiro atoms. The van der Waals surface area contributed by atoms with Crippen molar-refractivity contribution in [1.29, 1.82) is 0 Å². The average Bonchev–Trinajstić information content (AvgIpc) is 1.56. The summed E-state index contributed by atoms with van der Waals surface area (Å²) in [5, 5.41) is 29.0. The Morgan fingerprint density at radius 3 is 1.35 bits per heavy atom. The summed E-state index contributed by atoms with van der Waals surface area (Å²) in [5.74, 6) is -5.71. The number of hydrogen-bond acceptors (Lipinski definition) is 10. The van der Waals surface area contributed by atoms with Gasteiger partial charge in [0.1, 0.15) is 64.2 Å². The topological polar surface area (TPSA) is 171 Å². The first-order valence-electron chi connectivity index (χ1n) is 36.8. The van der Waals surface area contributed by atoms with Gasteiger partial charge in [-0.1, -0.05) is 107 Å². The summed E-state index contributed by atoms with van der Waals surface area (Å²) in [6, 6.07) is 42.6. The lowest BCUT2D eigenvalue weighted by molar-refractivity contribution is -0.142. The van der Waals surface area contributed by atoms with Crippen molar-refractivity contribution in [3.8, 4) is 45.1 Å². The van der Waals surface area contributed by atoms with Crippen LogP contribution < -0.4 is 0 Å². The van der Waals surface area contributed by atoms with Crippen molar-refractivity contribution < 1.29 is 68.6 Å². The van der Waals surface area contributed by atoms with E-state index in [-0.39, 0.29) is 98.7 Å². The van der Waals surface area contributed by atoms with Gasteiger partial charge in [-0.3, -0.25) is 19.1 Å². The van der Waals surface area contributed by atoms with Crippen LogP contribution in [0.4, 0.5) is 39.5 Å². The molecule has 580 valence electrons. The van der Waals surface area contributed by atoms with Gasteiger partial charge in [-0.15, -0.1) is 0 Å². The molecule has 24 heteroatoms. The van der Waals surface area contributed by atoms with Crippen LogP contribution in [0.2, 0.25) is 10.0 Å². The van der Waals surface area contributed by atoms with Crippen molar-refractivity contribution in [3.63, 3.8) is 0 Å². The van der Waals surface area contributed by atoms with Crippen LogP contribution in [-0.4, -0.2) is 61.6 Å². The Bertz CT molecular complexity index is 5530. The van der Waals surface area contributed by atoms with Crippen molar-refractivity contribution in [2.24, 2.45) is 14.1 Å². The van der Waals surface area contributed by atoms with Crippen LogP contribution in [0.25, 0.3) is 44.8 Å². The van der Waals surface area contributed by atoms with Gasteiger partial charge in [0.05, 0.1) is 47.7 Å². The Labute approximate surface area is 655 Å². The smallest absolute Gasteiger partial charge is 0.435 e. The molecule has 0 radical (unpaired) electrons. The normalized spacial score (nSPS) is 13.7. The zero-order chi connectivity index (χ0) is 79.9. The predicted octanol–water partition coefficient (Wildman–Crippen LogP) is 21.1. The van der Waals surface area contributed by atoms with E-state index < -0.39 is 64.5 Å². The molecular weight excluding hydrogens is 1500 g/mol. The summed E-state index contributed by atoms with van der Waals surface area (Å²) in [6.07, 6.45) is 8.78. The van der Waals surface area contributed by atoms with Gasteiger partial charge in [0.15, 0.2) is 11.5 Å². The lowest BCUT2D eigenvalue weighted by atomic mass is 9.86. The number of phenolic OH excluding ortho intramolecular Hbond substituents is 2. The zero-order valence-corrected chi connectivity index (χ0v) is 63.1. The molecule has 4 heterocycles. The summed E-state index contributed by atoms with van der Waals surface area (Å²) in [6.45, 7) is 1.66. The van der Waals surface area contributed by atoms with E-state index in [1.165, 1.54) is 41.1 Å². The predicted molar refractivity (Wildman–Crippen MR) is 414 cm³/mol. The number of carbonyl (C=O) groups is 3. The fraction of sp³-hybridized carbons (Fsp3) is 0.247. The zero-order valence-electron chi connectivity index (χ0n) is 61.6. The van der Waals surface area contributed by atoms with Gasteiger partial charge >= 0.3 is 6.18 Å². The van der Waals surface area contributed by atoms with Gasteiger partial charge < -0.3 is 23.9 Å². The molecule has 4 aromatic heterocycles. The second kappa shape index (κ2) is 34.7. The Kier molecular flexibility index (Phi) is 24.5. The van der Waals surface area contributed by atoms with E-state index in [0.29, 0.717) is 80.9 Å². The van der Waals surface area contributed by atoms with Gasteiger partial charge in [-0.2, -0.15) is 18.3 Å². The summed E-state index contributed by atoms with van der Waals surface area (Å²) >= 11 is 12.2. The van der Waals surface area contributed by atoms with Crippen LogP contribution in [-0.2, 0) is 86.1 Å². The molecule has 3 aliphatic rings. The molecular formula is C89H76Cl2F9N7O6. The largest absolute Gasteiger partial charge is 0.508 e. The van der Waals surface area contributed by atoms with E-state index in [0.717, 1.165) is 91.5 Å². The van der Waals surface area contributed by atoms with E-state index >= 15 is 0 Å². The highest BCUT2D eigenvalue weighted by Crippen LogP contribution is 2.42. The van der Waals surface area contributed by atoms with E-state index in [9.17, 15) is 64.1 Å². The Hall–Kier alpha value is -11.4. The molecule has 0 fully saturated rings. The van der Waals surface area contributed by atoms with Gasteiger partial charge in [0.25, 0.3) is 0 Å². The summed E-state index contributed by atoms with van der Waals surface area (Å²) in [7, 11) is 3.66. The van der Waals surface area contributed by atoms with Crippen molar-refractivity contribution in [2.75, 3.05) is 0 Å². The number of alkyl halides is 3. The van der Waals surface area contributed by atoms with E-state index in [1.54, 1.807) is 91.2 Å². The number of allylic oxidation sites excluding steroid dienone is 4. The minimum absolute atomic E-state index is 0.0166. The summed E-state index contributed by atoms with van der Waals surface area (Å²) in [5.41, 5.74) is 14.3. The number of hydrogen-bond donors (Lipinski definition) is 2. The molecule has 0 bridgehead atoms. The summed E-state index contributed by atoms with van der Waals surface area (Å²) < 4.78 is 135. The molecule has 2 N–H and O–H groups in total. The molecule has 113 heavy (non-hydrogen) atoms. The third-order valence-electron chi connectivity index (χ3n) is 20.6. The number of halogens is 11. The van der Waals surface area contributed by atoms with Crippen molar-refractivity contribution >= 4 is 51.7 Å². The Morgan fingerprint density at radius 2 is 0.912 bits per heavy atom. The van der Waals surface area contributed by atoms with Crippen molar-refractivity contribution in [2.45, 2.75) is 127 Å². The number of rotatable bonds is 24. The third kappa shape index (κ3) is 19.6. The number of aryl methyl sites for hydroxylation is 3. The van der Waals surface area contributed by atoms with Crippen LogP contribution in [0.1, 0.15) is 141 Å². The molecule has 3 atom stereocenters. The van der Waals surface area contributed by atoms with Gasteiger partial charge in [-0.05, 0) is 205 Å². The lowest BCUT2D eigenvalue weighted by Crippen LogP contribution is -2.19. The number of aromatic nitrogens is 7. The van der Waals surface area contributed by atoms with Gasteiger partial charge in [0, 0.05) is 120 Å². The highest BCUT2D eigenvalue weighted by Gasteiger charge is 2.40. The highest BCUT2D eigenvalue weighted by molar-refractivity contribution is 6.31. The standard InChI is InChI=1S/C30H25ClF2N2O2.C30H25F2NO3.C29H26ClF5N4O/c1-35-17-34-29(30(35)20-4-7-23(31)8-5-20)22(10-18-11-24(32)15-25(33)12-18)14-27(37)13-21-3-2-19-6-9-26(36)16-28(19)21;1-18-2-4-21(5-3-18)29-17-36-33-30(29)23(10-19-11-24(31)15-25(32)12-19)14-27(35)13-22-7-6-20-8-9-26(34)16-28(20)22;1-38-16-36-26(27(38)18-6-8-20(30)9-7-18)19(10-17-11-21(31)14-22(32)12-17)13-23(40)15-39-25-5-3-2-4-24(25)28(37-39)29(33,34)35/h3-9,11-12,15-17,22,36H,2,10,13-14H2,1H3;2-5,7-9,11-12,15-17,23,34H,6,10,13-14H2,1H3;6-9,11-12,14,16,19H,2-5,10,13,15H2,1H3/t;23-;/m.1./s1. The maximum absolute atomic E-state index is 14.0. The maximum Gasteiger partial charge on any atom is 0.435 e. The lowest BCUT2D eigenvalue weighted by Gasteiger charge is -2.19. The Balaban J connectivity index is 0.000000148.